The molecule has 19 heavy (non-hydrogen) atoms. The molecular weight excluding hydrogens is 240 g/mol. The lowest BCUT2D eigenvalue weighted by atomic mass is 9.79. The Morgan fingerprint density at radius 2 is 1.79 bits per heavy atom. The van der Waals surface area contributed by atoms with E-state index in [9.17, 15) is 4.79 Å². The second-order valence-electron chi connectivity index (χ2n) is 7.46. The van der Waals surface area contributed by atoms with Gasteiger partial charge in [-0.15, -0.1) is 0 Å². The first kappa shape index (κ1) is 14.8. The Morgan fingerprint density at radius 1 is 1.21 bits per heavy atom. The molecule has 0 spiro atoms. The van der Waals surface area contributed by atoms with Gasteiger partial charge in [0.05, 0.1) is 13.0 Å². The maximum absolute atomic E-state index is 11.6. The molecule has 0 amide bonds. The highest BCUT2D eigenvalue weighted by Crippen LogP contribution is 2.34. The van der Waals surface area contributed by atoms with Crippen LogP contribution in [0.3, 0.4) is 0 Å². The monoisotopic (exact) mass is 268 g/mol. The lowest BCUT2D eigenvalue weighted by Gasteiger charge is -2.49. The van der Waals surface area contributed by atoms with Crippen LogP contribution in [0, 0.1) is 5.92 Å². The molecule has 0 aliphatic carbocycles. The smallest absolute Gasteiger partial charge is 0.310 e. The van der Waals surface area contributed by atoms with Gasteiger partial charge in [-0.25, -0.2) is 0 Å². The third-order valence-electron chi connectivity index (χ3n) is 4.44. The van der Waals surface area contributed by atoms with Crippen molar-refractivity contribution in [2.45, 2.75) is 64.1 Å². The highest BCUT2D eigenvalue weighted by atomic mass is 16.5. The molecule has 4 heteroatoms. The molecule has 2 heterocycles. The van der Waals surface area contributed by atoms with Gasteiger partial charge in [0.2, 0.25) is 0 Å². The van der Waals surface area contributed by atoms with Crippen LogP contribution in [-0.4, -0.2) is 48.2 Å². The maximum Gasteiger partial charge on any atom is 0.310 e. The highest BCUT2D eigenvalue weighted by Gasteiger charge is 2.42. The molecule has 2 rings (SSSR count). The first-order chi connectivity index (χ1) is 8.72. The minimum atomic E-state index is -0.0463. The number of carbonyl (C=O) groups is 1. The normalized spacial score (nSPS) is 31.3. The summed E-state index contributed by atoms with van der Waals surface area (Å²) in [6.07, 6.45) is 3.23. The number of likely N-dealkylation sites (tertiary alicyclic amines) is 1. The molecule has 0 aromatic rings. The summed E-state index contributed by atoms with van der Waals surface area (Å²) in [6.45, 7) is 11.0. The molecule has 4 nitrogen and oxygen atoms in total. The average molecular weight is 268 g/mol. The van der Waals surface area contributed by atoms with Gasteiger partial charge in [0, 0.05) is 23.7 Å². The number of esters is 1. The van der Waals surface area contributed by atoms with E-state index in [1.54, 1.807) is 0 Å². The van der Waals surface area contributed by atoms with Crippen LogP contribution in [0.2, 0.25) is 0 Å². The predicted molar refractivity (Wildman–Crippen MR) is 76.0 cm³/mol. The van der Waals surface area contributed by atoms with Gasteiger partial charge in [-0.1, -0.05) is 0 Å². The van der Waals surface area contributed by atoms with Crippen LogP contribution in [0.15, 0.2) is 0 Å². The molecule has 0 radical (unpaired) electrons. The summed E-state index contributed by atoms with van der Waals surface area (Å²) in [7, 11) is 1.49. The topological polar surface area (TPSA) is 41.6 Å². The number of piperidine rings is 1. The van der Waals surface area contributed by atoms with Crippen molar-refractivity contribution < 1.29 is 9.53 Å². The third kappa shape index (κ3) is 3.48. The number of hydrogen-bond acceptors (Lipinski definition) is 4. The SMILES string of the molecule is COC(=O)C1CCN(C2CC(C)(C)NC(C)(C)C2)C1. The summed E-state index contributed by atoms with van der Waals surface area (Å²) in [5, 5.41) is 3.71. The van der Waals surface area contributed by atoms with Crippen molar-refractivity contribution in [1.29, 1.82) is 0 Å². The van der Waals surface area contributed by atoms with Gasteiger partial charge >= 0.3 is 5.97 Å². The number of nitrogens with one attached hydrogen (secondary N) is 1. The van der Waals surface area contributed by atoms with Gasteiger partial charge in [0.1, 0.15) is 0 Å². The van der Waals surface area contributed by atoms with Gasteiger partial charge in [0.25, 0.3) is 0 Å². The highest BCUT2D eigenvalue weighted by molar-refractivity contribution is 5.72. The van der Waals surface area contributed by atoms with Crippen LogP contribution in [0.25, 0.3) is 0 Å². The fraction of sp³-hybridized carbons (Fsp3) is 0.933. The largest absolute Gasteiger partial charge is 0.469 e. The molecule has 0 bridgehead atoms. The Kier molecular flexibility index (Phi) is 3.94. The lowest BCUT2D eigenvalue weighted by Crippen LogP contribution is -2.62. The molecule has 110 valence electrons. The Morgan fingerprint density at radius 3 is 2.32 bits per heavy atom. The van der Waals surface area contributed by atoms with Crippen LogP contribution >= 0.6 is 0 Å². The molecule has 1 atom stereocenters. The van der Waals surface area contributed by atoms with Crippen LogP contribution in [0.1, 0.15) is 47.0 Å². The minimum absolute atomic E-state index is 0.0463. The van der Waals surface area contributed by atoms with Crippen LogP contribution in [0.4, 0.5) is 0 Å². The molecule has 0 aromatic carbocycles. The fourth-order valence-electron chi connectivity index (χ4n) is 4.00. The van der Waals surface area contributed by atoms with E-state index >= 15 is 0 Å². The van der Waals surface area contributed by atoms with E-state index in [0.717, 1.165) is 32.4 Å². The van der Waals surface area contributed by atoms with Crippen molar-refractivity contribution in [3.8, 4) is 0 Å². The van der Waals surface area contributed by atoms with Crippen molar-refractivity contribution in [3.63, 3.8) is 0 Å². The zero-order chi connectivity index (χ0) is 14.3. The molecule has 2 saturated heterocycles. The Balaban J connectivity index is 2.01. The van der Waals surface area contributed by atoms with Crippen LogP contribution < -0.4 is 5.32 Å². The molecule has 1 unspecified atom stereocenters. The molecule has 0 aromatic heterocycles. The number of ether oxygens (including phenoxy) is 1. The Labute approximate surface area is 116 Å². The molecule has 2 fully saturated rings. The molecule has 0 saturated carbocycles. The average Bonchev–Trinajstić information content (AvgIpc) is 2.73. The minimum Gasteiger partial charge on any atom is -0.469 e. The zero-order valence-corrected chi connectivity index (χ0v) is 13.0. The summed E-state index contributed by atoms with van der Waals surface area (Å²) >= 11 is 0. The number of carbonyl (C=O) groups excluding carboxylic acids is 1. The van der Waals surface area contributed by atoms with E-state index in [2.05, 4.69) is 37.9 Å². The van der Waals surface area contributed by atoms with Crippen molar-refractivity contribution in [1.82, 2.24) is 10.2 Å². The van der Waals surface area contributed by atoms with E-state index in [0.29, 0.717) is 6.04 Å². The van der Waals surface area contributed by atoms with E-state index in [1.165, 1.54) is 7.11 Å². The van der Waals surface area contributed by atoms with Crippen molar-refractivity contribution >= 4 is 5.97 Å². The number of rotatable bonds is 2. The van der Waals surface area contributed by atoms with E-state index in [-0.39, 0.29) is 23.0 Å². The maximum atomic E-state index is 11.6. The third-order valence-corrected chi connectivity index (χ3v) is 4.44. The first-order valence-corrected chi connectivity index (χ1v) is 7.34. The van der Waals surface area contributed by atoms with Gasteiger partial charge in [0.15, 0.2) is 0 Å². The van der Waals surface area contributed by atoms with Crippen molar-refractivity contribution in [2.24, 2.45) is 5.92 Å². The standard InChI is InChI=1S/C15H28N2O2/c1-14(2)8-12(9-15(3,4)16-14)17-7-6-11(10-17)13(18)19-5/h11-12,16H,6-10H2,1-5H3. The lowest BCUT2D eigenvalue weighted by molar-refractivity contribution is -0.145. The number of hydrogen-bond donors (Lipinski definition) is 1. The molecule has 1 N–H and O–H groups in total. The zero-order valence-electron chi connectivity index (χ0n) is 13.0. The van der Waals surface area contributed by atoms with Gasteiger partial charge in [-0.2, -0.15) is 0 Å². The predicted octanol–water partition coefficient (Wildman–Crippen LogP) is 1.79. The van der Waals surface area contributed by atoms with E-state index < -0.39 is 0 Å². The van der Waals surface area contributed by atoms with Crippen molar-refractivity contribution in [3.05, 3.63) is 0 Å². The number of methoxy groups -OCH3 is 1. The summed E-state index contributed by atoms with van der Waals surface area (Å²) in [4.78, 5) is 14.1. The van der Waals surface area contributed by atoms with Gasteiger partial charge in [-0.3, -0.25) is 9.69 Å². The summed E-state index contributed by atoms with van der Waals surface area (Å²) in [6, 6.07) is 0.570. The number of nitrogens with zero attached hydrogens (tertiary/aromatic N) is 1. The molecular formula is C15H28N2O2. The van der Waals surface area contributed by atoms with Crippen LogP contribution in [0.5, 0.6) is 0 Å². The quantitative estimate of drug-likeness (QED) is 0.775. The Bertz CT molecular complexity index is 336. The summed E-state index contributed by atoms with van der Waals surface area (Å²) in [5.41, 5.74) is 0.325. The van der Waals surface area contributed by atoms with Crippen molar-refractivity contribution in [2.75, 3.05) is 20.2 Å². The summed E-state index contributed by atoms with van der Waals surface area (Å²) in [5.74, 6) is 0.0288. The van der Waals surface area contributed by atoms with E-state index in [1.807, 2.05) is 0 Å². The Hall–Kier alpha value is -0.610. The second kappa shape index (κ2) is 5.06. The molecule has 2 aliphatic rings. The second-order valence-corrected chi connectivity index (χ2v) is 7.46. The van der Waals surface area contributed by atoms with Crippen LogP contribution in [-0.2, 0) is 9.53 Å². The van der Waals surface area contributed by atoms with Gasteiger partial charge in [-0.05, 0) is 53.5 Å². The first-order valence-electron chi connectivity index (χ1n) is 7.34. The van der Waals surface area contributed by atoms with E-state index in [4.69, 9.17) is 4.74 Å². The molecule has 2 aliphatic heterocycles. The van der Waals surface area contributed by atoms with Gasteiger partial charge < -0.3 is 10.1 Å². The summed E-state index contributed by atoms with van der Waals surface area (Å²) < 4.78 is 4.87. The fourth-order valence-corrected chi connectivity index (χ4v) is 4.00.